The molecule has 1 aliphatic rings. The summed E-state index contributed by atoms with van der Waals surface area (Å²) in [7, 11) is 0. The number of carbonyl (C=O) groups is 1. The van der Waals surface area contributed by atoms with Gasteiger partial charge in [-0.3, -0.25) is 4.79 Å². The topological polar surface area (TPSA) is 17.1 Å². The molecule has 0 aromatic rings. The Labute approximate surface area is 66.4 Å². The smallest absolute Gasteiger partial charge is 0.167 e. The Bertz CT molecular complexity index is 267. The number of allylic oxidation sites excluding steroid dienone is 6. The number of ketones is 1. The van der Waals surface area contributed by atoms with Crippen LogP contribution in [-0.4, -0.2) is 5.78 Å². The molecular weight excluding hydrogens is 136 g/mol. The Morgan fingerprint density at radius 2 is 2.09 bits per heavy atom. The molecule has 0 saturated carbocycles. The molecule has 0 bridgehead atoms. The van der Waals surface area contributed by atoms with Gasteiger partial charge in [0, 0.05) is 12.0 Å². The average Bonchev–Trinajstić information content (AvgIpc) is 2.04. The van der Waals surface area contributed by atoms with Crippen molar-refractivity contribution < 1.29 is 4.79 Å². The lowest BCUT2D eigenvalue weighted by Crippen LogP contribution is -2.04. The first-order valence-corrected chi connectivity index (χ1v) is 3.48. The predicted molar refractivity (Wildman–Crippen MR) is 46.2 cm³/mol. The maximum absolute atomic E-state index is 11.2. The minimum atomic E-state index is 0.123. The van der Waals surface area contributed by atoms with Crippen molar-refractivity contribution in [2.75, 3.05) is 0 Å². The quantitative estimate of drug-likeness (QED) is 0.583. The van der Waals surface area contributed by atoms with Crippen molar-refractivity contribution in [1.82, 2.24) is 0 Å². The molecule has 0 aliphatic heterocycles. The second-order valence-corrected chi connectivity index (χ2v) is 2.31. The third-order valence-corrected chi connectivity index (χ3v) is 1.64. The zero-order valence-corrected chi connectivity index (χ0v) is 6.34. The number of carbonyl (C=O) groups excluding carboxylic acids is 1. The summed E-state index contributed by atoms with van der Waals surface area (Å²) in [5.74, 6) is 0.123. The summed E-state index contributed by atoms with van der Waals surface area (Å²) >= 11 is 0. The summed E-state index contributed by atoms with van der Waals surface area (Å²) in [6.07, 6.45) is 7.48. The van der Waals surface area contributed by atoms with Crippen LogP contribution >= 0.6 is 0 Å². The van der Waals surface area contributed by atoms with Gasteiger partial charge in [0.2, 0.25) is 0 Å². The molecule has 0 atom stereocenters. The Morgan fingerprint density at radius 1 is 1.36 bits per heavy atom. The molecule has 1 nitrogen and oxygen atoms in total. The number of Topliss-reactive ketones (excluding diaryl/α,β-unsaturated/α-hetero) is 1. The minimum Gasteiger partial charge on any atom is -0.294 e. The van der Waals surface area contributed by atoms with Crippen molar-refractivity contribution in [2.24, 2.45) is 0 Å². The van der Waals surface area contributed by atoms with Crippen LogP contribution in [0.5, 0.6) is 0 Å². The van der Waals surface area contributed by atoms with Gasteiger partial charge in [0.1, 0.15) is 0 Å². The number of hydrogen-bond acceptors (Lipinski definition) is 1. The van der Waals surface area contributed by atoms with Crippen molar-refractivity contribution in [1.29, 1.82) is 0 Å². The molecule has 0 aromatic heterocycles. The largest absolute Gasteiger partial charge is 0.294 e. The first kappa shape index (κ1) is 7.73. The molecule has 0 radical (unpaired) electrons. The molecule has 0 heterocycles. The first-order chi connectivity index (χ1) is 5.29. The van der Waals surface area contributed by atoms with E-state index in [0.29, 0.717) is 12.0 Å². The van der Waals surface area contributed by atoms with Gasteiger partial charge in [0.25, 0.3) is 0 Å². The molecule has 0 N–H and O–H groups in total. The molecule has 0 amide bonds. The summed E-state index contributed by atoms with van der Waals surface area (Å²) in [5.41, 5.74) is 1.55. The molecule has 0 spiro atoms. The van der Waals surface area contributed by atoms with E-state index in [1.54, 1.807) is 12.2 Å². The lowest BCUT2D eigenvalue weighted by atomic mass is 9.96. The fourth-order valence-corrected chi connectivity index (χ4v) is 1.06. The predicted octanol–water partition coefficient (Wildman–Crippen LogP) is 2.18. The van der Waals surface area contributed by atoms with Crippen LogP contribution in [-0.2, 0) is 4.79 Å². The van der Waals surface area contributed by atoms with Crippen LogP contribution < -0.4 is 0 Å². The second-order valence-electron chi connectivity index (χ2n) is 2.31. The Morgan fingerprint density at radius 3 is 2.55 bits per heavy atom. The van der Waals surface area contributed by atoms with E-state index in [-0.39, 0.29) is 5.78 Å². The van der Waals surface area contributed by atoms with E-state index < -0.39 is 0 Å². The lowest BCUT2D eigenvalue weighted by Gasteiger charge is -2.07. The Hall–Kier alpha value is -1.37. The van der Waals surface area contributed by atoms with E-state index in [1.807, 2.05) is 12.2 Å². The van der Waals surface area contributed by atoms with Crippen LogP contribution in [0, 0.1) is 0 Å². The van der Waals surface area contributed by atoms with Crippen molar-refractivity contribution >= 4 is 5.78 Å². The summed E-state index contributed by atoms with van der Waals surface area (Å²) in [4.78, 5) is 11.2. The van der Waals surface area contributed by atoms with E-state index >= 15 is 0 Å². The highest BCUT2D eigenvalue weighted by molar-refractivity contribution is 6.01. The highest BCUT2D eigenvalue weighted by Gasteiger charge is 2.10. The molecule has 11 heavy (non-hydrogen) atoms. The van der Waals surface area contributed by atoms with Crippen molar-refractivity contribution in [3.63, 3.8) is 0 Å². The van der Waals surface area contributed by atoms with Crippen molar-refractivity contribution in [2.45, 2.75) is 6.42 Å². The third-order valence-electron chi connectivity index (χ3n) is 1.64. The Kier molecular flexibility index (Phi) is 2.21. The normalized spacial score (nSPS) is 16.9. The highest BCUT2D eigenvalue weighted by Crippen LogP contribution is 2.16. The Balaban J connectivity index is 3.14. The first-order valence-electron chi connectivity index (χ1n) is 3.48. The van der Waals surface area contributed by atoms with E-state index in [1.165, 1.54) is 0 Å². The van der Waals surface area contributed by atoms with Crippen molar-refractivity contribution in [3.8, 4) is 0 Å². The molecule has 56 valence electrons. The van der Waals surface area contributed by atoms with E-state index in [4.69, 9.17) is 0 Å². The standard InChI is InChI=1S/C10H10O/c1-3-8-6-5-7-10(11)9(8)4-2/h3-6H,1-2,7H2. The summed E-state index contributed by atoms with van der Waals surface area (Å²) < 4.78 is 0. The van der Waals surface area contributed by atoms with Crippen LogP contribution in [0.1, 0.15) is 6.42 Å². The van der Waals surface area contributed by atoms with Gasteiger partial charge >= 0.3 is 0 Å². The zero-order valence-electron chi connectivity index (χ0n) is 6.34. The number of hydrogen-bond donors (Lipinski definition) is 0. The molecule has 0 unspecified atom stereocenters. The lowest BCUT2D eigenvalue weighted by molar-refractivity contribution is -0.114. The molecule has 1 heteroatoms. The van der Waals surface area contributed by atoms with Gasteiger partial charge in [-0.25, -0.2) is 0 Å². The summed E-state index contributed by atoms with van der Waals surface area (Å²) in [5, 5.41) is 0. The van der Waals surface area contributed by atoms with Crippen LogP contribution in [0.15, 0.2) is 48.6 Å². The number of rotatable bonds is 2. The molecule has 1 aliphatic carbocycles. The van der Waals surface area contributed by atoms with Crippen molar-refractivity contribution in [3.05, 3.63) is 48.6 Å². The van der Waals surface area contributed by atoms with Gasteiger partial charge in [-0.2, -0.15) is 0 Å². The zero-order chi connectivity index (χ0) is 8.27. The monoisotopic (exact) mass is 146 g/mol. The van der Waals surface area contributed by atoms with Gasteiger partial charge < -0.3 is 0 Å². The molecular formula is C10H10O. The van der Waals surface area contributed by atoms with Gasteiger partial charge in [0.15, 0.2) is 5.78 Å². The van der Waals surface area contributed by atoms with E-state index in [2.05, 4.69) is 13.2 Å². The van der Waals surface area contributed by atoms with Gasteiger partial charge in [-0.1, -0.05) is 37.5 Å². The fourth-order valence-electron chi connectivity index (χ4n) is 1.06. The third kappa shape index (κ3) is 1.37. The highest BCUT2D eigenvalue weighted by atomic mass is 16.1. The molecule has 0 saturated heterocycles. The SMILES string of the molecule is C=CC1=C(C=C)C(=O)CC=C1. The van der Waals surface area contributed by atoms with Gasteiger partial charge in [0.05, 0.1) is 0 Å². The second kappa shape index (κ2) is 3.15. The van der Waals surface area contributed by atoms with E-state index in [9.17, 15) is 4.79 Å². The maximum atomic E-state index is 11.2. The molecule has 0 aromatic carbocycles. The van der Waals surface area contributed by atoms with Crippen LogP contribution in [0.2, 0.25) is 0 Å². The molecule has 0 fully saturated rings. The van der Waals surface area contributed by atoms with Gasteiger partial charge in [-0.05, 0) is 5.57 Å². The van der Waals surface area contributed by atoms with Crippen LogP contribution in [0.25, 0.3) is 0 Å². The van der Waals surface area contributed by atoms with Crippen LogP contribution in [0.4, 0.5) is 0 Å². The fraction of sp³-hybridized carbons (Fsp3) is 0.100. The molecule has 1 rings (SSSR count). The van der Waals surface area contributed by atoms with Crippen LogP contribution in [0.3, 0.4) is 0 Å². The van der Waals surface area contributed by atoms with Gasteiger partial charge in [-0.15, -0.1) is 0 Å². The van der Waals surface area contributed by atoms with E-state index in [0.717, 1.165) is 5.57 Å². The summed E-state index contributed by atoms with van der Waals surface area (Å²) in [6.45, 7) is 7.18. The summed E-state index contributed by atoms with van der Waals surface area (Å²) in [6, 6.07) is 0. The minimum absolute atomic E-state index is 0.123. The maximum Gasteiger partial charge on any atom is 0.167 e. The average molecular weight is 146 g/mol.